The first-order chi connectivity index (χ1) is 8.86. The zero-order valence-corrected chi connectivity index (χ0v) is 9.82. The second-order valence-electron chi connectivity index (χ2n) is 4.21. The maximum Gasteiger partial charge on any atom is 0.0686 e. The van der Waals surface area contributed by atoms with E-state index in [0.29, 0.717) is 6.54 Å². The van der Waals surface area contributed by atoms with E-state index in [1.165, 1.54) is 0 Å². The lowest BCUT2D eigenvalue weighted by molar-refractivity contribution is 0.282. The van der Waals surface area contributed by atoms with E-state index in [2.05, 4.69) is 10.1 Å². The Bertz CT molecular complexity index is 661. The summed E-state index contributed by atoms with van der Waals surface area (Å²) in [6, 6.07) is 9.82. The first kappa shape index (κ1) is 10.9. The highest BCUT2D eigenvalue weighted by Crippen LogP contribution is 2.16. The Hall–Kier alpha value is -2.20. The molecule has 3 rings (SSSR count). The summed E-state index contributed by atoms with van der Waals surface area (Å²) in [7, 11) is 0. The van der Waals surface area contributed by atoms with Gasteiger partial charge in [-0.3, -0.25) is 9.67 Å². The molecule has 0 unspecified atom stereocenters. The highest BCUT2D eigenvalue weighted by atomic mass is 16.3. The molecule has 0 aliphatic rings. The maximum absolute atomic E-state index is 9.10. The fourth-order valence-corrected chi connectivity index (χ4v) is 2.03. The zero-order valence-electron chi connectivity index (χ0n) is 9.82. The van der Waals surface area contributed by atoms with Crippen LogP contribution in [-0.2, 0) is 13.2 Å². The molecule has 1 N–H and O–H groups in total. The second-order valence-corrected chi connectivity index (χ2v) is 4.21. The van der Waals surface area contributed by atoms with Crippen LogP contribution in [0, 0.1) is 0 Å². The van der Waals surface area contributed by atoms with Crippen molar-refractivity contribution in [1.82, 2.24) is 14.8 Å². The Morgan fingerprint density at radius 3 is 2.83 bits per heavy atom. The van der Waals surface area contributed by atoms with Crippen molar-refractivity contribution < 1.29 is 5.11 Å². The summed E-state index contributed by atoms with van der Waals surface area (Å²) in [5, 5.41) is 14.5. The minimum Gasteiger partial charge on any atom is -0.392 e. The third kappa shape index (κ3) is 1.98. The third-order valence-corrected chi connectivity index (χ3v) is 2.94. The molecule has 18 heavy (non-hydrogen) atoms. The van der Waals surface area contributed by atoms with Crippen molar-refractivity contribution in [1.29, 1.82) is 0 Å². The number of hydrogen-bond acceptors (Lipinski definition) is 3. The lowest BCUT2D eigenvalue weighted by Gasteiger charge is -2.03. The number of fused-ring (bicyclic) bond motifs is 1. The van der Waals surface area contributed by atoms with Gasteiger partial charge in [-0.05, 0) is 29.3 Å². The van der Waals surface area contributed by atoms with Crippen molar-refractivity contribution in [2.24, 2.45) is 0 Å². The van der Waals surface area contributed by atoms with Crippen LogP contribution < -0.4 is 0 Å². The Balaban J connectivity index is 1.98. The molecule has 0 bridgehead atoms. The maximum atomic E-state index is 9.10. The molecular formula is C14H13N3O. The van der Waals surface area contributed by atoms with Crippen molar-refractivity contribution in [3.63, 3.8) is 0 Å². The molecule has 0 atom stereocenters. The van der Waals surface area contributed by atoms with E-state index < -0.39 is 0 Å². The molecule has 4 heteroatoms. The van der Waals surface area contributed by atoms with Crippen LogP contribution in [-0.4, -0.2) is 19.9 Å². The molecule has 0 spiro atoms. The Morgan fingerprint density at radius 1 is 1.11 bits per heavy atom. The first-order valence-electron chi connectivity index (χ1n) is 5.81. The number of aliphatic hydroxyl groups excluding tert-OH is 1. The van der Waals surface area contributed by atoms with Gasteiger partial charge < -0.3 is 5.11 Å². The highest BCUT2D eigenvalue weighted by molar-refractivity contribution is 5.79. The van der Waals surface area contributed by atoms with E-state index in [9.17, 15) is 0 Å². The van der Waals surface area contributed by atoms with Crippen molar-refractivity contribution in [2.75, 3.05) is 0 Å². The molecule has 0 aliphatic carbocycles. The molecule has 4 nitrogen and oxygen atoms in total. The highest BCUT2D eigenvalue weighted by Gasteiger charge is 2.04. The minimum atomic E-state index is 0.0593. The van der Waals surface area contributed by atoms with Gasteiger partial charge in [0.05, 0.1) is 24.9 Å². The number of nitrogens with zero attached hydrogens (tertiary/aromatic N) is 3. The fourth-order valence-electron chi connectivity index (χ4n) is 2.03. The van der Waals surface area contributed by atoms with Gasteiger partial charge in [0.1, 0.15) is 0 Å². The number of aliphatic hydroxyl groups is 1. The average Bonchev–Trinajstić information content (AvgIpc) is 2.82. The Morgan fingerprint density at radius 2 is 2.06 bits per heavy atom. The lowest BCUT2D eigenvalue weighted by Crippen LogP contribution is -2.01. The lowest BCUT2D eigenvalue weighted by atomic mass is 10.2. The van der Waals surface area contributed by atoms with Crippen LogP contribution in [0.3, 0.4) is 0 Å². The molecule has 0 saturated carbocycles. The predicted molar refractivity (Wildman–Crippen MR) is 69.0 cm³/mol. The van der Waals surface area contributed by atoms with E-state index in [1.54, 1.807) is 6.20 Å². The summed E-state index contributed by atoms with van der Waals surface area (Å²) in [4.78, 5) is 4.10. The SMILES string of the molecule is OCc1ccc2c(cnn2Cc2cccnc2)c1. The smallest absolute Gasteiger partial charge is 0.0686 e. The normalized spacial score (nSPS) is 10.9. The van der Waals surface area contributed by atoms with Crippen LogP contribution in [0.1, 0.15) is 11.1 Å². The zero-order chi connectivity index (χ0) is 12.4. The third-order valence-electron chi connectivity index (χ3n) is 2.94. The number of benzene rings is 1. The van der Waals surface area contributed by atoms with Gasteiger partial charge in [-0.1, -0.05) is 12.1 Å². The van der Waals surface area contributed by atoms with E-state index in [1.807, 2.05) is 47.4 Å². The topological polar surface area (TPSA) is 50.9 Å². The molecule has 0 radical (unpaired) electrons. The summed E-state index contributed by atoms with van der Waals surface area (Å²) >= 11 is 0. The van der Waals surface area contributed by atoms with Crippen LogP contribution in [0.15, 0.2) is 48.9 Å². The second kappa shape index (κ2) is 4.58. The van der Waals surface area contributed by atoms with Crippen molar-refractivity contribution in [3.05, 3.63) is 60.0 Å². The summed E-state index contributed by atoms with van der Waals surface area (Å²) in [5.41, 5.74) is 3.09. The van der Waals surface area contributed by atoms with Crippen LogP contribution in [0.5, 0.6) is 0 Å². The minimum absolute atomic E-state index is 0.0593. The van der Waals surface area contributed by atoms with Crippen LogP contribution in [0.25, 0.3) is 10.9 Å². The van der Waals surface area contributed by atoms with Gasteiger partial charge in [0.15, 0.2) is 0 Å². The average molecular weight is 239 g/mol. The summed E-state index contributed by atoms with van der Waals surface area (Å²) in [5.74, 6) is 0. The van der Waals surface area contributed by atoms with Gasteiger partial charge in [-0.25, -0.2) is 0 Å². The molecular weight excluding hydrogens is 226 g/mol. The van der Waals surface area contributed by atoms with Crippen molar-refractivity contribution in [2.45, 2.75) is 13.2 Å². The monoisotopic (exact) mass is 239 g/mol. The van der Waals surface area contributed by atoms with Crippen LogP contribution in [0.2, 0.25) is 0 Å². The number of pyridine rings is 1. The van der Waals surface area contributed by atoms with Crippen molar-refractivity contribution in [3.8, 4) is 0 Å². The molecule has 90 valence electrons. The quantitative estimate of drug-likeness (QED) is 0.760. The van der Waals surface area contributed by atoms with Crippen LogP contribution in [0.4, 0.5) is 0 Å². The standard InChI is InChI=1S/C14H13N3O/c18-10-11-3-4-14-13(6-11)8-16-17(14)9-12-2-1-5-15-7-12/h1-8,18H,9-10H2. The van der Waals surface area contributed by atoms with E-state index in [4.69, 9.17) is 5.11 Å². The Kier molecular flexibility index (Phi) is 2.78. The molecule has 1 aromatic carbocycles. The first-order valence-corrected chi connectivity index (χ1v) is 5.81. The van der Waals surface area contributed by atoms with E-state index in [-0.39, 0.29) is 6.61 Å². The molecule has 0 aliphatic heterocycles. The van der Waals surface area contributed by atoms with Gasteiger partial charge in [-0.2, -0.15) is 5.10 Å². The molecule has 2 aromatic heterocycles. The number of rotatable bonds is 3. The van der Waals surface area contributed by atoms with Crippen molar-refractivity contribution >= 4 is 10.9 Å². The molecule has 0 fully saturated rings. The van der Waals surface area contributed by atoms with Crippen LogP contribution >= 0.6 is 0 Å². The van der Waals surface area contributed by atoms with E-state index >= 15 is 0 Å². The molecule has 3 aromatic rings. The fraction of sp³-hybridized carbons (Fsp3) is 0.143. The summed E-state index contributed by atoms with van der Waals surface area (Å²) < 4.78 is 1.94. The van der Waals surface area contributed by atoms with Gasteiger partial charge in [0, 0.05) is 17.8 Å². The summed E-state index contributed by atoms with van der Waals surface area (Å²) in [6.07, 6.45) is 5.43. The molecule has 0 saturated heterocycles. The largest absolute Gasteiger partial charge is 0.392 e. The molecule has 0 amide bonds. The van der Waals surface area contributed by atoms with E-state index in [0.717, 1.165) is 22.0 Å². The number of aromatic nitrogens is 3. The van der Waals surface area contributed by atoms with Gasteiger partial charge >= 0.3 is 0 Å². The number of hydrogen-bond donors (Lipinski definition) is 1. The van der Waals surface area contributed by atoms with Gasteiger partial charge in [0.2, 0.25) is 0 Å². The summed E-state index contributed by atoms with van der Waals surface area (Å²) in [6.45, 7) is 0.763. The predicted octanol–water partition coefficient (Wildman–Crippen LogP) is 1.97. The molecule has 2 heterocycles. The Labute approximate surface area is 105 Å². The van der Waals surface area contributed by atoms with Gasteiger partial charge in [-0.15, -0.1) is 0 Å². The van der Waals surface area contributed by atoms with Gasteiger partial charge in [0.25, 0.3) is 0 Å².